The highest BCUT2D eigenvalue weighted by Gasteiger charge is 2.56. The fourth-order valence-corrected chi connectivity index (χ4v) is 9.69. The molecule has 4 heterocycles. The molecule has 22 heteroatoms. The van der Waals surface area contributed by atoms with E-state index in [9.17, 15) is 38.0 Å². The van der Waals surface area contributed by atoms with Gasteiger partial charge in [0, 0.05) is 75.9 Å². The number of carbonyl (C=O) groups is 7. The van der Waals surface area contributed by atoms with Gasteiger partial charge in [-0.05, 0) is 75.9 Å². The third-order valence-electron chi connectivity index (χ3n) is 10.8. The quantitative estimate of drug-likeness (QED) is 0.0403. The molecule has 2 aliphatic heterocycles. The van der Waals surface area contributed by atoms with Crippen molar-refractivity contribution in [2.45, 2.75) is 82.5 Å². The van der Waals surface area contributed by atoms with Gasteiger partial charge in [0.25, 0.3) is 5.91 Å². The molecule has 0 spiro atoms. The molecule has 1 fully saturated rings. The second-order valence-corrected chi connectivity index (χ2v) is 18.4. The van der Waals surface area contributed by atoms with Crippen molar-refractivity contribution in [3.05, 3.63) is 107 Å². The minimum Gasteiger partial charge on any atom is -0.467 e. The summed E-state index contributed by atoms with van der Waals surface area (Å²) in [5.41, 5.74) is 4.53. The number of aromatic amines is 1. The standard InChI is InChI=1S/C48H48FN5O14S2/c1-25(55)64-41-42(65-26(2)56)44(66-27(3)57)47(68-43(41)46(60)62-5)67-36-14-11-29(20-34(36)52-37(58)16-19-69-70-38-8-6-7-17-50-38)24-63-48(61)54(4)23-28-9-12-30(13-10-28)40-32-15-18-51-45(59)33-21-31(49)22-35(53-40)39(32)33/h6-14,17,20-22,41-44,47,53H,15-16,18-19,23-24H2,1-5H3,(H,51,59)(H,52,58)/t41-,42?,43?,44+,47?/m0/s1. The Morgan fingerprint density at radius 2 is 1.61 bits per heavy atom. The van der Waals surface area contributed by atoms with Gasteiger partial charge in [0.05, 0.1) is 18.4 Å². The molecule has 70 heavy (non-hydrogen) atoms. The number of H-pyrrole nitrogens is 1. The Bertz CT molecular complexity index is 2780. The highest BCUT2D eigenvalue weighted by Crippen LogP contribution is 2.37. The van der Waals surface area contributed by atoms with E-state index in [1.807, 2.05) is 36.4 Å². The number of pyridine rings is 1. The van der Waals surface area contributed by atoms with Gasteiger partial charge in [-0.1, -0.05) is 47.2 Å². The molecule has 19 nitrogen and oxygen atoms in total. The molecule has 2 aromatic heterocycles. The molecule has 0 bridgehead atoms. The second-order valence-electron chi connectivity index (χ2n) is 16.0. The lowest BCUT2D eigenvalue weighted by atomic mass is 9.97. The number of hydrogen-bond acceptors (Lipinski definition) is 17. The van der Waals surface area contributed by atoms with E-state index in [1.54, 1.807) is 19.3 Å². The molecule has 3 aromatic carbocycles. The number of ether oxygens (including phenoxy) is 7. The molecule has 0 saturated carbocycles. The Hall–Kier alpha value is -7.17. The van der Waals surface area contributed by atoms with Crippen molar-refractivity contribution in [1.29, 1.82) is 0 Å². The molecule has 7 rings (SSSR count). The topological polar surface area (TPSA) is 240 Å². The Balaban J connectivity index is 1.08. The summed E-state index contributed by atoms with van der Waals surface area (Å²) in [5.74, 6) is -4.64. The number of aromatic nitrogens is 2. The average Bonchev–Trinajstić information content (AvgIpc) is 3.60. The molecular formula is C48H48FN5O14S2. The molecule has 3 N–H and O–H groups in total. The fraction of sp³-hybridized carbons (Fsp3) is 0.333. The van der Waals surface area contributed by atoms with Gasteiger partial charge in [-0.2, -0.15) is 0 Å². The number of benzene rings is 3. The maximum Gasteiger partial charge on any atom is 0.410 e. The number of nitrogens with one attached hydrogen (secondary N) is 3. The van der Waals surface area contributed by atoms with Crippen molar-refractivity contribution in [3.63, 3.8) is 0 Å². The SMILES string of the molecule is COC(=O)C1OC(Oc2ccc(COC(=O)N(C)Cc3ccc(-c4[nH]c5cc(F)cc6c5c4CCNC6=O)cc3)cc2NC(=O)CCSSc2ccccn2)[C@H](OC(C)=O)C(OC(C)=O)[C@@H]1OC(C)=O. The van der Waals surface area contributed by atoms with Crippen LogP contribution >= 0.6 is 21.6 Å². The highest BCUT2D eigenvalue weighted by atomic mass is 33.1. The van der Waals surface area contributed by atoms with Gasteiger partial charge in [0.1, 0.15) is 23.2 Å². The Morgan fingerprint density at radius 3 is 2.31 bits per heavy atom. The van der Waals surface area contributed by atoms with Crippen molar-refractivity contribution in [2.24, 2.45) is 0 Å². The summed E-state index contributed by atoms with van der Waals surface area (Å²) in [4.78, 5) is 98.4. The van der Waals surface area contributed by atoms with Crippen LogP contribution in [0.4, 0.5) is 14.9 Å². The van der Waals surface area contributed by atoms with Crippen LogP contribution in [-0.4, -0.2) is 114 Å². The van der Waals surface area contributed by atoms with Gasteiger partial charge >= 0.3 is 30.0 Å². The first kappa shape index (κ1) is 50.7. The highest BCUT2D eigenvalue weighted by molar-refractivity contribution is 8.76. The summed E-state index contributed by atoms with van der Waals surface area (Å²) in [6.45, 7) is 3.48. The van der Waals surface area contributed by atoms with Crippen molar-refractivity contribution in [1.82, 2.24) is 20.2 Å². The minimum absolute atomic E-state index is 0.0380. The number of methoxy groups -OCH3 is 1. The maximum absolute atomic E-state index is 14.4. The average molecular weight is 1000 g/mol. The summed E-state index contributed by atoms with van der Waals surface area (Å²) in [6, 6.07) is 20.0. The number of hydrogen-bond donors (Lipinski definition) is 3. The predicted octanol–water partition coefficient (Wildman–Crippen LogP) is 6.26. The molecule has 5 aromatic rings. The van der Waals surface area contributed by atoms with E-state index in [0.717, 1.165) is 55.3 Å². The first-order valence-electron chi connectivity index (χ1n) is 21.7. The molecular weight excluding hydrogens is 954 g/mol. The number of anilines is 1. The minimum atomic E-state index is -1.74. The zero-order valence-corrected chi connectivity index (χ0v) is 40.1. The van der Waals surface area contributed by atoms with Crippen LogP contribution in [0, 0.1) is 5.82 Å². The Labute approximate surface area is 408 Å². The molecule has 3 amide bonds. The maximum atomic E-state index is 14.4. The second kappa shape index (κ2) is 23.0. The first-order valence-corrected chi connectivity index (χ1v) is 24.0. The molecule has 368 valence electrons. The summed E-state index contributed by atoms with van der Waals surface area (Å²) in [6.07, 6.45) is -6.78. The number of nitrogens with zero attached hydrogens (tertiary/aromatic N) is 2. The normalized spacial score (nSPS) is 18.4. The van der Waals surface area contributed by atoms with Crippen LogP contribution in [0.15, 0.2) is 84.0 Å². The predicted molar refractivity (Wildman–Crippen MR) is 252 cm³/mol. The number of esters is 4. The van der Waals surface area contributed by atoms with Crippen LogP contribution in [0.1, 0.15) is 54.2 Å². The number of rotatable bonds is 17. The van der Waals surface area contributed by atoms with Crippen molar-refractivity contribution in [2.75, 3.05) is 31.8 Å². The smallest absolute Gasteiger partial charge is 0.410 e. The van der Waals surface area contributed by atoms with Crippen molar-refractivity contribution >= 4 is 80.0 Å². The third-order valence-corrected chi connectivity index (χ3v) is 13.1. The van der Waals surface area contributed by atoms with E-state index in [2.05, 4.69) is 20.6 Å². The van der Waals surface area contributed by atoms with Gasteiger partial charge < -0.3 is 53.7 Å². The van der Waals surface area contributed by atoms with Gasteiger partial charge in [-0.3, -0.25) is 24.0 Å². The molecule has 3 unspecified atom stereocenters. The monoisotopic (exact) mass is 1000 g/mol. The zero-order valence-electron chi connectivity index (χ0n) is 38.4. The lowest BCUT2D eigenvalue weighted by Crippen LogP contribution is -2.64. The van der Waals surface area contributed by atoms with E-state index in [4.69, 9.17) is 33.2 Å². The van der Waals surface area contributed by atoms with Gasteiger partial charge in [0.2, 0.25) is 18.3 Å². The molecule has 0 radical (unpaired) electrons. The number of amides is 3. The van der Waals surface area contributed by atoms with E-state index in [0.29, 0.717) is 35.2 Å². The number of halogens is 1. The Kier molecular flexibility index (Phi) is 16.6. The summed E-state index contributed by atoms with van der Waals surface area (Å²) >= 11 is 0. The zero-order chi connectivity index (χ0) is 50.1. The summed E-state index contributed by atoms with van der Waals surface area (Å²) in [5, 5.41) is 7.07. The summed E-state index contributed by atoms with van der Waals surface area (Å²) in [7, 11) is 5.42. The van der Waals surface area contributed by atoms with E-state index in [-0.39, 0.29) is 42.5 Å². The van der Waals surface area contributed by atoms with Gasteiger partial charge in [-0.25, -0.2) is 19.0 Å². The van der Waals surface area contributed by atoms with E-state index >= 15 is 0 Å². The van der Waals surface area contributed by atoms with E-state index < -0.39 is 72.4 Å². The third kappa shape index (κ3) is 12.5. The fourth-order valence-electron chi connectivity index (χ4n) is 7.82. The molecule has 1 saturated heterocycles. The van der Waals surface area contributed by atoms with E-state index in [1.165, 1.54) is 56.8 Å². The van der Waals surface area contributed by atoms with Crippen LogP contribution in [0.2, 0.25) is 0 Å². The summed E-state index contributed by atoms with van der Waals surface area (Å²) < 4.78 is 53.5. The van der Waals surface area contributed by atoms with Crippen LogP contribution in [-0.2, 0) is 72.0 Å². The lowest BCUT2D eigenvalue weighted by Gasteiger charge is -2.43. The molecule has 2 aliphatic rings. The van der Waals surface area contributed by atoms with Gasteiger partial charge in [-0.15, -0.1) is 0 Å². The van der Waals surface area contributed by atoms with Crippen LogP contribution in [0.5, 0.6) is 5.75 Å². The number of carbonyl (C=O) groups excluding carboxylic acids is 7. The van der Waals surface area contributed by atoms with Crippen LogP contribution in [0.25, 0.3) is 22.2 Å². The Morgan fingerprint density at radius 1 is 0.900 bits per heavy atom. The van der Waals surface area contributed by atoms with Gasteiger partial charge in [0.15, 0.2) is 18.3 Å². The largest absolute Gasteiger partial charge is 0.467 e. The molecule has 5 atom stereocenters. The van der Waals surface area contributed by atoms with Crippen LogP contribution in [0.3, 0.4) is 0 Å². The lowest BCUT2D eigenvalue weighted by molar-refractivity contribution is -0.282. The first-order chi connectivity index (χ1) is 33.6. The van der Waals surface area contributed by atoms with Crippen molar-refractivity contribution < 1.29 is 71.1 Å². The molecule has 0 aliphatic carbocycles. The van der Waals surface area contributed by atoms with Crippen molar-refractivity contribution in [3.8, 4) is 17.0 Å². The van der Waals surface area contributed by atoms with Crippen LogP contribution < -0.4 is 15.4 Å².